The van der Waals surface area contributed by atoms with Crippen molar-refractivity contribution in [2.24, 2.45) is 0 Å². The summed E-state index contributed by atoms with van der Waals surface area (Å²) in [6, 6.07) is 5.49. The van der Waals surface area contributed by atoms with Crippen LogP contribution < -0.4 is 9.47 Å². The predicted molar refractivity (Wildman–Crippen MR) is 83.8 cm³/mol. The molecule has 0 spiro atoms. The van der Waals surface area contributed by atoms with Crippen molar-refractivity contribution in [2.75, 3.05) is 20.3 Å². The number of benzene rings is 1. The maximum Gasteiger partial charge on any atom is 0.161 e. The number of hydrogen-bond donors (Lipinski definition) is 2. The van der Waals surface area contributed by atoms with Gasteiger partial charge in [-0.05, 0) is 30.5 Å². The van der Waals surface area contributed by atoms with Gasteiger partial charge in [0.25, 0.3) is 0 Å². The molecule has 4 heteroatoms. The lowest BCUT2D eigenvalue weighted by atomic mass is 10.1. The Morgan fingerprint density at radius 2 is 1.52 bits per heavy atom. The monoisotopic (exact) mass is 296 g/mol. The highest BCUT2D eigenvalue weighted by Crippen LogP contribution is 2.28. The summed E-state index contributed by atoms with van der Waals surface area (Å²) in [7, 11) is 1.61. The number of methoxy groups -OCH3 is 1. The van der Waals surface area contributed by atoms with Crippen molar-refractivity contribution in [2.45, 2.75) is 51.6 Å². The third-order valence-electron chi connectivity index (χ3n) is 3.47. The number of aliphatic hydroxyl groups is 2. The standard InChI is InChI=1S/C17H28O4/c1-20-17-13-15(14-19)9-10-16(17)21-12-8-6-4-2-3-5-7-11-18/h9-10,13,18-19H,2-8,11-12,14H2,1H3. The van der Waals surface area contributed by atoms with Gasteiger partial charge in [0.2, 0.25) is 0 Å². The van der Waals surface area contributed by atoms with Crippen molar-refractivity contribution in [3.8, 4) is 11.5 Å². The first-order valence-corrected chi connectivity index (χ1v) is 7.83. The fourth-order valence-electron chi connectivity index (χ4n) is 2.21. The van der Waals surface area contributed by atoms with Crippen LogP contribution in [0.5, 0.6) is 11.5 Å². The molecule has 0 fully saturated rings. The summed E-state index contributed by atoms with van der Waals surface area (Å²) >= 11 is 0. The average Bonchev–Trinajstić information content (AvgIpc) is 2.53. The fourth-order valence-corrected chi connectivity index (χ4v) is 2.21. The second-order valence-corrected chi connectivity index (χ2v) is 5.19. The Morgan fingerprint density at radius 3 is 2.14 bits per heavy atom. The van der Waals surface area contributed by atoms with E-state index in [-0.39, 0.29) is 6.61 Å². The van der Waals surface area contributed by atoms with E-state index in [2.05, 4.69) is 0 Å². The molecule has 0 unspecified atom stereocenters. The number of unbranched alkanes of at least 4 members (excludes halogenated alkanes) is 6. The zero-order chi connectivity index (χ0) is 15.3. The summed E-state index contributed by atoms with van der Waals surface area (Å²) in [6.07, 6.45) is 7.90. The summed E-state index contributed by atoms with van der Waals surface area (Å²) in [5.41, 5.74) is 0.821. The smallest absolute Gasteiger partial charge is 0.161 e. The van der Waals surface area contributed by atoms with Gasteiger partial charge in [-0.2, -0.15) is 0 Å². The van der Waals surface area contributed by atoms with Gasteiger partial charge < -0.3 is 19.7 Å². The summed E-state index contributed by atoms with van der Waals surface area (Å²) in [5.74, 6) is 1.41. The van der Waals surface area contributed by atoms with E-state index < -0.39 is 0 Å². The maximum absolute atomic E-state index is 9.09. The molecular formula is C17H28O4. The second-order valence-electron chi connectivity index (χ2n) is 5.19. The van der Waals surface area contributed by atoms with Crippen molar-refractivity contribution in [3.63, 3.8) is 0 Å². The lowest BCUT2D eigenvalue weighted by Gasteiger charge is -2.11. The van der Waals surface area contributed by atoms with Crippen LogP contribution >= 0.6 is 0 Å². The molecule has 0 aliphatic carbocycles. The molecule has 0 atom stereocenters. The van der Waals surface area contributed by atoms with Crippen LogP contribution in [0.2, 0.25) is 0 Å². The topological polar surface area (TPSA) is 58.9 Å². The van der Waals surface area contributed by atoms with E-state index in [4.69, 9.17) is 19.7 Å². The van der Waals surface area contributed by atoms with Crippen LogP contribution in [0.1, 0.15) is 50.5 Å². The van der Waals surface area contributed by atoms with Gasteiger partial charge in [-0.3, -0.25) is 0 Å². The highest BCUT2D eigenvalue weighted by Gasteiger charge is 2.05. The van der Waals surface area contributed by atoms with E-state index in [1.807, 2.05) is 12.1 Å². The van der Waals surface area contributed by atoms with Gasteiger partial charge in [-0.1, -0.05) is 38.2 Å². The molecule has 0 aliphatic rings. The van der Waals surface area contributed by atoms with Crippen LogP contribution in [0, 0.1) is 0 Å². The normalized spacial score (nSPS) is 10.6. The van der Waals surface area contributed by atoms with E-state index in [1.54, 1.807) is 13.2 Å². The molecule has 1 aromatic carbocycles. The van der Waals surface area contributed by atoms with Crippen LogP contribution in [0.4, 0.5) is 0 Å². The molecule has 0 heterocycles. The van der Waals surface area contributed by atoms with Crippen LogP contribution in [0.25, 0.3) is 0 Å². The third kappa shape index (κ3) is 7.34. The molecule has 0 amide bonds. The van der Waals surface area contributed by atoms with Gasteiger partial charge in [0.1, 0.15) is 0 Å². The minimum Gasteiger partial charge on any atom is -0.493 e. The average molecular weight is 296 g/mol. The zero-order valence-corrected chi connectivity index (χ0v) is 13.0. The first kappa shape index (κ1) is 17.8. The Balaban J connectivity index is 2.15. The zero-order valence-electron chi connectivity index (χ0n) is 13.0. The molecule has 0 aliphatic heterocycles. The van der Waals surface area contributed by atoms with Gasteiger partial charge >= 0.3 is 0 Å². The van der Waals surface area contributed by atoms with Crippen LogP contribution in [0.15, 0.2) is 18.2 Å². The SMILES string of the molecule is COc1cc(CO)ccc1OCCCCCCCCCO. The molecule has 0 aromatic heterocycles. The summed E-state index contributed by atoms with van der Waals surface area (Å²) < 4.78 is 11.0. The highest BCUT2D eigenvalue weighted by atomic mass is 16.5. The van der Waals surface area contributed by atoms with Crippen LogP contribution in [-0.2, 0) is 6.61 Å². The lowest BCUT2D eigenvalue weighted by molar-refractivity contribution is 0.274. The quantitative estimate of drug-likeness (QED) is 0.581. The molecule has 1 aromatic rings. The minimum absolute atomic E-state index is 0.00687. The molecule has 0 bridgehead atoms. The number of hydrogen-bond acceptors (Lipinski definition) is 4. The first-order chi connectivity index (χ1) is 10.3. The highest BCUT2D eigenvalue weighted by molar-refractivity contribution is 5.42. The van der Waals surface area contributed by atoms with Gasteiger partial charge in [-0.15, -0.1) is 0 Å². The number of rotatable bonds is 12. The van der Waals surface area contributed by atoms with E-state index in [0.717, 1.165) is 37.0 Å². The molecule has 0 radical (unpaired) electrons. The minimum atomic E-state index is 0.00687. The molecule has 4 nitrogen and oxygen atoms in total. The van der Waals surface area contributed by atoms with Gasteiger partial charge in [0.05, 0.1) is 20.3 Å². The van der Waals surface area contributed by atoms with Crippen LogP contribution in [-0.4, -0.2) is 30.5 Å². The Hall–Kier alpha value is -1.26. The molecule has 0 saturated heterocycles. The molecule has 1 rings (SSSR count). The predicted octanol–water partition coefficient (Wildman–Crippen LogP) is 3.29. The van der Waals surface area contributed by atoms with E-state index in [1.165, 1.54) is 19.3 Å². The Morgan fingerprint density at radius 1 is 0.857 bits per heavy atom. The van der Waals surface area contributed by atoms with Crippen molar-refractivity contribution in [1.82, 2.24) is 0 Å². The van der Waals surface area contributed by atoms with E-state index >= 15 is 0 Å². The third-order valence-corrected chi connectivity index (χ3v) is 3.47. The fraction of sp³-hybridized carbons (Fsp3) is 0.647. The Bertz CT molecular complexity index is 379. The molecule has 2 N–H and O–H groups in total. The first-order valence-electron chi connectivity index (χ1n) is 7.83. The summed E-state index contributed by atoms with van der Waals surface area (Å²) in [5, 5.41) is 17.8. The Kier molecular flexibility index (Phi) is 9.66. The van der Waals surface area contributed by atoms with Crippen molar-refractivity contribution in [3.05, 3.63) is 23.8 Å². The van der Waals surface area contributed by atoms with Crippen molar-refractivity contribution in [1.29, 1.82) is 0 Å². The van der Waals surface area contributed by atoms with Crippen LogP contribution in [0.3, 0.4) is 0 Å². The van der Waals surface area contributed by atoms with E-state index in [9.17, 15) is 0 Å². The Labute approximate surface area is 127 Å². The number of ether oxygens (including phenoxy) is 2. The molecule has 120 valence electrons. The molecule has 0 saturated carbocycles. The van der Waals surface area contributed by atoms with Crippen molar-refractivity contribution < 1.29 is 19.7 Å². The summed E-state index contributed by atoms with van der Waals surface area (Å²) in [6.45, 7) is 1.00. The van der Waals surface area contributed by atoms with Gasteiger partial charge in [-0.25, -0.2) is 0 Å². The van der Waals surface area contributed by atoms with Crippen molar-refractivity contribution >= 4 is 0 Å². The van der Waals surface area contributed by atoms with E-state index in [0.29, 0.717) is 19.0 Å². The van der Waals surface area contributed by atoms with Gasteiger partial charge in [0.15, 0.2) is 11.5 Å². The largest absolute Gasteiger partial charge is 0.493 e. The summed E-state index contributed by atoms with van der Waals surface area (Å²) in [4.78, 5) is 0. The molecular weight excluding hydrogens is 268 g/mol. The molecule has 21 heavy (non-hydrogen) atoms. The van der Waals surface area contributed by atoms with Gasteiger partial charge in [0, 0.05) is 6.61 Å². The lowest BCUT2D eigenvalue weighted by Crippen LogP contribution is -2.00. The second kappa shape index (κ2) is 11.4. The number of aliphatic hydroxyl groups excluding tert-OH is 2. The maximum atomic E-state index is 9.09.